The van der Waals surface area contributed by atoms with Gasteiger partial charge in [0.05, 0.1) is 31.7 Å². The van der Waals surface area contributed by atoms with Crippen LogP contribution in [-0.4, -0.2) is 53.9 Å². The van der Waals surface area contributed by atoms with Crippen LogP contribution in [0.15, 0.2) is 60.8 Å². The molecule has 170 valence electrons. The number of ether oxygens (including phenoxy) is 3. The quantitative estimate of drug-likeness (QED) is 0.669. The number of hydrogen-bond donors (Lipinski definition) is 1. The summed E-state index contributed by atoms with van der Waals surface area (Å²) in [5, 5.41) is 10.6. The zero-order valence-corrected chi connectivity index (χ0v) is 18.5. The average molecular weight is 447 g/mol. The summed E-state index contributed by atoms with van der Waals surface area (Å²) >= 11 is 0. The van der Waals surface area contributed by atoms with E-state index in [9.17, 15) is 9.90 Å². The number of aromatic nitrogens is 1. The Labute approximate surface area is 192 Å². The predicted octanol–water partition coefficient (Wildman–Crippen LogP) is 3.23. The third-order valence-electron chi connectivity index (χ3n) is 7.14. The first kappa shape index (κ1) is 20.3. The molecule has 6 rings (SSSR count). The Morgan fingerprint density at radius 3 is 2.58 bits per heavy atom. The predicted molar refractivity (Wildman–Crippen MR) is 121 cm³/mol. The van der Waals surface area contributed by atoms with Crippen molar-refractivity contribution in [2.75, 3.05) is 33.4 Å². The topological polar surface area (TPSA) is 73.2 Å². The van der Waals surface area contributed by atoms with Crippen molar-refractivity contribution in [2.24, 2.45) is 0 Å². The fourth-order valence-corrected chi connectivity index (χ4v) is 5.24. The first-order chi connectivity index (χ1) is 16.0. The highest BCUT2D eigenvalue weighted by atomic mass is 16.5. The van der Waals surface area contributed by atoms with Gasteiger partial charge in [0.2, 0.25) is 0 Å². The van der Waals surface area contributed by atoms with E-state index in [4.69, 9.17) is 14.2 Å². The number of piperidine rings is 1. The minimum absolute atomic E-state index is 0.0434. The van der Waals surface area contributed by atoms with Crippen LogP contribution < -0.4 is 9.47 Å². The maximum absolute atomic E-state index is 13.3. The van der Waals surface area contributed by atoms with Crippen molar-refractivity contribution in [3.8, 4) is 17.2 Å². The average Bonchev–Trinajstić information content (AvgIpc) is 3.34. The molecular formula is C26H26N2O5. The van der Waals surface area contributed by atoms with Gasteiger partial charge in [-0.15, -0.1) is 0 Å². The van der Waals surface area contributed by atoms with Crippen LogP contribution in [0.5, 0.6) is 11.5 Å². The third kappa shape index (κ3) is 3.07. The highest BCUT2D eigenvalue weighted by Crippen LogP contribution is 2.45. The van der Waals surface area contributed by atoms with Crippen LogP contribution in [0.1, 0.15) is 34.5 Å². The molecule has 0 atom stereocenters. The van der Waals surface area contributed by atoms with Gasteiger partial charge in [-0.3, -0.25) is 4.79 Å². The van der Waals surface area contributed by atoms with E-state index in [1.165, 1.54) is 0 Å². The number of carbonyl (C=O) groups excluding carboxylic acids is 1. The maximum atomic E-state index is 13.3. The van der Waals surface area contributed by atoms with Gasteiger partial charge in [0.1, 0.15) is 17.1 Å². The number of likely N-dealkylation sites (tertiary alicyclic amines) is 1. The summed E-state index contributed by atoms with van der Waals surface area (Å²) in [6, 6.07) is 17.5. The van der Waals surface area contributed by atoms with Gasteiger partial charge in [-0.2, -0.15) is 0 Å². The van der Waals surface area contributed by atoms with Crippen LogP contribution in [0.4, 0.5) is 0 Å². The van der Waals surface area contributed by atoms with Crippen molar-refractivity contribution in [3.63, 3.8) is 0 Å². The van der Waals surface area contributed by atoms with Crippen LogP contribution >= 0.6 is 0 Å². The second kappa shape index (κ2) is 7.37. The number of aliphatic hydroxyl groups is 1. The number of carbonyl (C=O) groups is 1. The molecule has 33 heavy (non-hydrogen) atoms. The molecule has 2 fully saturated rings. The van der Waals surface area contributed by atoms with E-state index < -0.39 is 11.2 Å². The number of amides is 1. The number of hydrogen-bond acceptors (Lipinski definition) is 5. The summed E-state index contributed by atoms with van der Waals surface area (Å²) in [4.78, 5) is 15.2. The number of benzene rings is 2. The van der Waals surface area contributed by atoms with Gasteiger partial charge in [-0.05, 0) is 36.4 Å². The van der Waals surface area contributed by atoms with Crippen molar-refractivity contribution < 1.29 is 24.1 Å². The van der Waals surface area contributed by atoms with Gasteiger partial charge in [0, 0.05) is 43.3 Å². The number of nitrogens with zero attached hydrogens (tertiary/aromatic N) is 2. The maximum Gasteiger partial charge on any atom is 0.253 e. The van der Waals surface area contributed by atoms with Crippen molar-refractivity contribution in [1.82, 2.24) is 9.47 Å². The second-order valence-electron chi connectivity index (χ2n) is 9.06. The van der Waals surface area contributed by atoms with Gasteiger partial charge in [-0.25, -0.2) is 0 Å². The Morgan fingerprint density at radius 1 is 1.06 bits per heavy atom. The standard InChI is InChI=1S/C26H26N2O5/c1-31-22-15-18(8-9-19(22)25(30)16-32-17-25)24(29)27-13-10-26(11-14-27)23-7-4-12-28(23)20-5-2-3-6-21(20)33-26/h2-9,12,15,30H,10-11,13-14,16-17H2,1H3. The summed E-state index contributed by atoms with van der Waals surface area (Å²) in [5.74, 6) is 1.34. The Kier molecular flexibility index (Phi) is 4.54. The minimum Gasteiger partial charge on any atom is -0.496 e. The normalized spacial score (nSPS) is 19.8. The molecule has 0 aliphatic carbocycles. The molecule has 4 heterocycles. The molecule has 1 amide bonds. The number of rotatable bonds is 3. The van der Waals surface area contributed by atoms with Crippen LogP contribution in [0.3, 0.4) is 0 Å². The van der Waals surface area contributed by atoms with Gasteiger partial charge < -0.3 is 28.8 Å². The molecule has 2 saturated heterocycles. The Hall–Kier alpha value is -3.29. The van der Waals surface area contributed by atoms with Crippen LogP contribution in [0, 0.1) is 0 Å². The van der Waals surface area contributed by atoms with Crippen LogP contribution in [0.2, 0.25) is 0 Å². The molecular weight excluding hydrogens is 420 g/mol. The van der Waals surface area contributed by atoms with E-state index in [1.807, 2.05) is 23.1 Å². The second-order valence-corrected chi connectivity index (χ2v) is 9.06. The fraction of sp³-hybridized carbons (Fsp3) is 0.346. The molecule has 1 N–H and O–H groups in total. The molecule has 7 nitrogen and oxygen atoms in total. The van der Waals surface area contributed by atoms with Gasteiger partial charge in [0.15, 0.2) is 5.60 Å². The first-order valence-corrected chi connectivity index (χ1v) is 11.3. The van der Waals surface area contributed by atoms with Gasteiger partial charge >= 0.3 is 0 Å². The monoisotopic (exact) mass is 446 g/mol. The molecule has 1 spiro atoms. The van der Waals surface area contributed by atoms with Gasteiger partial charge in [0.25, 0.3) is 5.91 Å². The van der Waals surface area contributed by atoms with Gasteiger partial charge in [-0.1, -0.05) is 18.2 Å². The Balaban J connectivity index is 1.23. The third-order valence-corrected chi connectivity index (χ3v) is 7.14. The summed E-state index contributed by atoms with van der Waals surface area (Å²) in [7, 11) is 1.55. The molecule has 0 bridgehead atoms. The molecule has 2 aromatic carbocycles. The molecule has 7 heteroatoms. The summed E-state index contributed by atoms with van der Waals surface area (Å²) in [5.41, 5.74) is 1.90. The highest BCUT2D eigenvalue weighted by Gasteiger charge is 2.45. The number of para-hydroxylation sites is 2. The van der Waals surface area contributed by atoms with Crippen molar-refractivity contribution in [3.05, 3.63) is 77.6 Å². The van der Waals surface area contributed by atoms with E-state index in [2.05, 4.69) is 29.0 Å². The lowest BCUT2D eigenvalue weighted by Gasteiger charge is -2.45. The lowest BCUT2D eigenvalue weighted by molar-refractivity contribution is -0.185. The summed E-state index contributed by atoms with van der Waals surface area (Å²) in [6.45, 7) is 1.65. The molecule has 1 aromatic heterocycles. The fourth-order valence-electron chi connectivity index (χ4n) is 5.24. The van der Waals surface area contributed by atoms with E-state index in [1.54, 1.807) is 25.3 Å². The van der Waals surface area contributed by atoms with Crippen LogP contribution in [-0.2, 0) is 15.9 Å². The zero-order chi connectivity index (χ0) is 22.6. The van der Waals surface area contributed by atoms with E-state index in [0.29, 0.717) is 42.8 Å². The Morgan fingerprint density at radius 2 is 1.85 bits per heavy atom. The van der Waals surface area contributed by atoms with Crippen molar-refractivity contribution >= 4 is 5.91 Å². The molecule has 0 unspecified atom stereocenters. The minimum atomic E-state index is -1.05. The lowest BCUT2D eigenvalue weighted by atomic mass is 9.86. The number of fused-ring (bicyclic) bond motifs is 4. The summed E-state index contributed by atoms with van der Waals surface area (Å²) in [6.07, 6.45) is 3.50. The zero-order valence-electron chi connectivity index (χ0n) is 18.5. The molecule has 0 radical (unpaired) electrons. The smallest absolute Gasteiger partial charge is 0.253 e. The van der Waals surface area contributed by atoms with Crippen LogP contribution in [0.25, 0.3) is 5.69 Å². The summed E-state index contributed by atoms with van der Waals surface area (Å²) < 4.78 is 19.4. The largest absolute Gasteiger partial charge is 0.496 e. The first-order valence-electron chi connectivity index (χ1n) is 11.3. The van der Waals surface area contributed by atoms with E-state index in [0.717, 1.165) is 17.1 Å². The molecule has 0 saturated carbocycles. The lowest BCUT2D eigenvalue weighted by Crippen LogP contribution is -2.50. The van der Waals surface area contributed by atoms with Crippen molar-refractivity contribution in [2.45, 2.75) is 24.0 Å². The Bertz CT molecular complexity index is 1220. The van der Waals surface area contributed by atoms with E-state index in [-0.39, 0.29) is 19.1 Å². The number of methoxy groups -OCH3 is 1. The van der Waals surface area contributed by atoms with E-state index >= 15 is 0 Å². The SMILES string of the molecule is COc1cc(C(=O)N2CCC3(CC2)Oc2ccccc2-n2cccc23)ccc1C1(O)COC1. The molecule has 3 aliphatic rings. The molecule has 3 aromatic rings. The molecule has 3 aliphatic heterocycles. The highest BCUT2D eigenvalue weighted by molar-refractivity contribution is 5.95. The van der Waals surface area contributed by atoms with Crippen molar-refractivity contribution in [1.29, 1.82) is 0 Å².